The highest BCUT2D eigenvalue weighted by molar-refractivity contribution is 5.84. The first-order chi connectivity index (χ1) is 6.33. The lowest BCUT2D eigenvalue weighted by Gasteiger charge is -2.05. The first-order valence-corrected chi connectivity index (χ1v) is 4.05. The van der Waals surface area contributed by atoms with E-state index in [0.717, 1.165) is 11.3 Å². The van der Waals surface area contributed by atoms with Gasteiger partial charge in [-0.05, 0) is 6.07 Å². The second-order valence-electron chi connectivity index (χ2n) is 2.91. The van der Waals surface area contributed by atoms with E-state index in [1.165, 1.54) is 0 Å². The van der Waals surface area contributed by atoms with Crippen molar-refractivity contribution in [2.24, 2.45) is 5.84 Å². The molecule has 0 saturated heterocycles. The maximum absolute atomic E-state index is 11.3. The van der Waals surface area contributed by atoms with E-state index < -0.39 is 0 Å². The second-order valence-corrected chi connectivity index (χ2v) is 2.91. The Morgan fingerprint density at radius 2 is 2.31 bits per heavy atom. The molecule has 0 saturated carbocycles. The average molecular weight is 178 g/mol. The number of hydrogen-bond acceptors (Lipinski definition) is 3. The van der Waals surface area contributed by atoms with Gasteiger partial charge in [0.2, 0.25) is 5.91 Å². The van der Waals surface area contributed by atoms with Gasteiger partial charge < -0.3 is 4.74 Å². The average Bonchev–Trinajstić information content (AvgIpc) is 2.60. The predicted octanol–water partition coefficient (Wildman–Crippen LogP) is 0.152. The van der Waals surface area contributed by atoms with Gasteiger partial charge in [0.15, 0.2) is 0 Å². The highest BCUT2D eigenvalue weighted by Gasteiger charge is 2.29. The number of nitrogens with one attached hydrogen (secondary N) is 1. The molecule has 1 amide bonds. The molecule has 4 heteroatoms. The molecule has 1 aliphatic rings. The highest BCUT2D eigenvalue weighted by Crippen LogP contribution is 2.33. The fraction of sp³-hybridized carbons (Fsp3) is 0.222. The Morgan fingerprint density at radius 3 is 3.08 bits per heavy atom. The van der Waals surface area contributed by atoms with Crippen LogP contribution in [0.1, 0.15) is 11.5 Å². The van der Waals surface area contributed by atoms with Gasteiger partial charge in [-0.25, -0.2) is 5.84 Å². The van der Waals surface area contributed by atoms with Gasteiger partial charge in [0.05, 0.1) is 0 Å². The molecular formula is C9H10N2O2. The summed E-state index contributed by atoms with van der Waals surface area (Å²) in [5.74, 6) is 5.36. The van der Waals surface area contributed by atoms with Gasteiger partial charge >= 0.3 is 0 Å². The molecular weight excluding hydrogens is 168 g/mol. The molecule has 1 heterocycles. The minimum atomic E-state index is -0.263. The summed E-state index contributed by atoms with van der Waals surface area (Å²) in [6, 6.07) is 7.48. The van der Waals surface area contributed by atoms with Gasteiger partial charge in [-0.2, -0.15) is 0 Å². The number of benzene rings is 1. The summed E-state index contributed by atoms with van der Waals surface area (Å²) < 4.78 is 5.32. The Kier molecular flexibility index (Phi) is 1.90. The molecule has 1 atom stereocenters. The molecule has 0 spiro atoms. The van der Waals surface area contributed by atoms with Gasteiger partial charge in [-0.15, -0.1) is 0 Å². The van der Waals surface area contributed by atoms with Crippen LogP contribution in [0.5, 0.6) is 5.75 Å². The quantitative estimate of drug-likeness (QED) is 0.365. The summed E-state index contributed by atoms with van der Waals surface area (Å²) in [4.78, 5) is 11.3. The summed E-state index contributed by atoms with van der Waals surface area (Å²) in [6.07, 6.45) is 0. The van der Waals surface area contributed by atoms with Crippen molar-refractivity contribution in [3.05, 3.63) is 29.8 Å². The molecule has 0 aromatic heterocycles. The number of rotatable bonds is 1. The Balaban J connectivity index is 2.33. The van der Waals surface area contributed by atoms with Crippen LogP contribution in [0.15, 0.2) is 24.3 Å². The normalized spacial score (nSPS) is 19.0. The van der Waals surface area contributed by atoms with Crippen LogP contribution in [-0.2, 0) is 4.79 Å². The topological polar surface area (TPSA) is 64.3 Å². The standard InChI is InChI=1S/C9H10N2O2/c10-11-9(12)7-5-13-8-4-2-1-3-6(7)8/h1-4,7H,5,10H2,(H,11,12)/t7-/m0/s1. The Hall–Kier alpha value is -1.55. The molecule has 1 aromatic rings. The first-order valence-electron chi connectivity index (χ1n) is 4.05. The maximum atomic E-state index is 11.3. The largest absolute Gasteiger partial charge is 0.492 e. The Labute approximate surface area is 75.7 Å². The summed E-state index contributed by atoms with van der Waals surface area (Å²) in [5, 5.41) is 0. The van der Waals surface area contributed by atoms with Gasteiger partial charge in [0.1, 0.15) is 18.3 Å². The van der Waals surface area contributed by atoms with Gasteiger partial charge in [0.25, 0.3) is 0 Å². The molecule has 3 N–H and O–H groups in total. The van der Waals surface area contributed by atoms with E-state index in [2.05, 4.69) is 5.43 Å². The smallest absolute Gasteiger partial charge is 0.245 e. The van der Waals surface area contributed by atoms with Crippen LogP contribution in [-0.4, -0.2) is 12.5 Å². The maximum Gasteiger partial charge on any atom is 0.245 e. The molecule has 0 bridgehead atoms. The van der Waals surface area contributed by atoms with Crippen molar-refractivity contribution in [1.82, 2.24) is 5.43 Å². The molecule has 4 nitrogen and oxygen atoms in total. The number of nitrogens with two attached hydrogens (primary N) is 1. The van der Waals surface area contributed by atoms with E-state index in [0.29, 0.717) is 6.61 Å². The Bertz CT molecular complexity index is 338. The third kappa shape index (κ3) is 1.25. The number of carbonyl (C=O) groups is 1. The predicted molar refractivity (Wildman–Crippen MR) is 47.0 cm³/mol. The molecule has 0 unspecified atom stereocenters. The van der Waals surface area contributed by atoms with Crippen molar-refractivity contribution < 1.29 is 9.53 Å². The van der Waals surface area contributed by atoms with E-state index in [1.807, 2.05) is 24.3 Å². The first kappa shape index (κ1) is 8.07. The van der Waals surface area contributed by atoms with E-state index in [4.69, 9.17) is 10.6 Å². The van der Waals surface area contributed by atoms with E-state index in [9.17, 15) is 4.79 Å². The summed E-state index contributed by atoms with van der Waals surface area (Å²) in [5.41, 5.74) is 3.04. The number of amides is 1. The monoisotopic (exact) mass is 178 g/mol. The van der Waals surface area contributed by atoms with Crippen LogP contribution in [0.2, 0.25) is 0 Å². The lowest BCUT2D eigenvalue weighted by molar-refractivity contribution is -0.122. The van der Waals surface area contributed by atoms with Gasteiger partial charge in [0, 0.05) is 5.56 Å². The van der Waals surface area contributed by atoms with Crippen molar-refractivity contribution in [3.63, 3.8) is 0 Å². The zero-order chi connectivity index (χ0) is 9.26. The van der Waals surface area contributed by atoms with Crippen molar-refractivity contribution >= 4 is 5.91 Å². The van der Waals surface area contributed by atoms with Crippen LogP contribution in [0.4, 0.5) is 0 Å². The Morgan fingerprint density at radius 1 is 1.54 bits per heavy atom. The number of hydrazine groups is 1. The van der Waals surface area contributed by atoms with Gasteiger partial charge in [-0.3, -0.25) is 10.2 Å². The molecule has 1 aliphatic heterocycles. The summed E-state index contributed by atoms with van der Waals surface area (Å²) >= 11 is 0. The minimum Gasteiger partial charge on any atom is -0.492 e. The molecule has 13 heavy (non-hydrogen) atoms. The van der Waals surface area contributed by atoms with Crippen LogP contribution in [0, 0.1) is 0 Å². The fourth-order valence-corrected chi connectivity index (χ4v) is 1.48. The van der Waals surface area contributed by atoms with Crippen molar-refractivity contribution in [2.75, 3.05) is 6.61 Å². The lowest BCUT2D eigenvalue weighted by atomic mass is 10.0. The minimum absolute atomic E-state index is 0.204. The van der Waals surface area contributed by atoms with Crippen LogP contribution < -0.4 is 16.0 Å². The molecule has 1 aromatic carbocycles. The number of fused-ring (bicyclic) bond motifs is 1. The third-order valence-electron chi connectivity index (χ3n) is 2.16. The molecule has 0 fully saturated rings. The number of ether oxygens (including phenoxy) is 1. The second kappa shape index (κ2) is 3.06. The molecule has 2 rings (SSSR count). The lowest BCUT2D eigenvalue weighted by Crippen LogP contribution is -2.35. The van der Waals surface area contributed by atoms with Crippen LogP contribution in [0.25, 0.3) is 0 Å². The van der Waals surface area contributed by atoms with Gasteiger partial charge in [-0.1, -0.05) is 18.2 Å². The zero-order valence-corrected chi connectivity index (χ0v) is 6.99. The SMILES string of the molecule is NNC(=O)[C@H]1COc2ccccc21. The third-order valence-corrected chi connectivity index (χ3v) is 2.16. The summed E-state index contributed by atoms with van der Waals surface area (Å²) in [6.45, 7) is 0.377. The highest BCUT2D eigenvalue weighted by atomic mass is 16.5. The molecule has 0 radical (unpaired) electrons. The number of hydrogen-bond donors (Lipinski definition) is 2. The zero-order valence-electron chi connectivity index (χ0n) is 6.99. The van der Waals surface area contributed by atoms with Crippen molar-refractivity contribution in [2.45, 2.75) is 5.92 Å². The van der Waals surface area contributed by atoms with Crippen molar-refractivity contribution in [3.8, 4) is 5.75 Å². The van der Waals surface area contributed by atoms with Crippen molar-refractivity contribution in [1.29, 1.82) is 0 Å². The van der Waals surface area contributed by atoms with Crippen LogP contribution in [0.3, 0.4) is 0 Å². The van der Waals surface area contributed by atoms with E-state index >= 15 is 0 Å². The van der Waals surface area contributed by atoms with E-state index in [1.54, 1.807) is 0 Å². The van der Waals surface area contributed by atoms with E-state index in [-0.39, 0.29) is 11.8 Å². The molecule has 0 aliphatic carbocycles. The summed E-state index contributed by atoms with van der Waals surface area (Å²) in [7, 11) is 0. The number of para-hydroxylation sites is 1. The fourth-order valence-electron chi connectivity index (χ4n) is 1.48. The molecule has 68 valence electrons. The van der Waals surface area contributed by atoms with Crippen LogP contribution >= 0.6 is 0 Å². The number of carbonyl (C=O) groups excluding carboxylic acids is 1.